The van der Waals surface area contributed by atoms with Gasteiger partial charge in [-0.25, -0.2) is 0 Å². The fourth-order valence-corrected chi connectivity index (χ4v) is 1.51. The van der Waals surface area contributed by atoms with Crippen LogP contribution >= 0.6 is 0 Å². The third-order valence-electron chi connectivity index (χ3n) is 2.17. The average Bonchev–Trinajstić information content (AvgIpc) is 2.57. The number of nitrogens with one attached hydrogen (secondary N) is 1. The molecule has 0 spiro atoms. The maximum atomic E-state index is 5.73. The van der Waals surface area contributed by atoms with Crippen LogP contribution in [0.2, 0.25) is 0 Å². The van der Waals surface area contributed by atoms with Gasteiger partial charge in [-0.15, -0.1) is 0 Å². The van der Waals surface area contributed by atoms with Crippen LogP contribution in [0.25, 0.3) is 0 Å². The minimum absolute atomic E-state index is 0.323. The molecular weight excluding hydrogens is 164 g/mol. The lowest BCUT2D eigenvalue weighted by Gasteiger charge is -2.11. The van der Waals surface area contributed by atoms with Crippen LogP contribution in [0.3, 0.4) is 0 Å². The minimum atomic E-state index is 0.323. The van der Waals surface area contributed by atoms with Gasteiger partial charge in [0.1, 0.15) is 11.9 Å². The van der Waals surface area contributed by atoms with Gasteiger partial charge in [0.25, 0.3) is 0 Å². The molecule has 2 heterocycles. The van der Waals surface area contributed by atoms with Crippen molar-refractivity contribution in [3.05, 3.63) is 24.0 Å². The van der Waals surface area contributed by atoms with Gasteiger partial charge in [-0.05, 0) is 31.5 Å². The highest BCUT2D eigenvalue weighted by Crippen LogP contribution is 2.14. The van der Waals surface area contributed by atoms with E-state index in [9.17, 15) is 0 Å². The molecule has 1 aliphatic rings. The Kier molecular flexibility index (Phi) is 2.45. The number of aryl methyl sites for hydroxylation is 1. The summed E-state index contributed by atoms with van der Waals surface area (Å²) in [5, 5.41) is 3.26. The van der Waals surface area contributed by atoms with Gasteiger partial charge < -0.3 is 10.1 Å². The van der Waals surface area contributed by atoms with Crippen molar-refractivity contribution in [2.45, 2.75) is 19.4 Å². The number of rotatable bonds is 2. The molecule has 0 amide bonds. The summed E-state index contributed by atoms with van der Waals surface area (Å²) in [6.45, 7) is 4.03. The zero-order valence-electron chi connectivity index (χ0n) is 7.79. The van der Waals surface area contributed by atoms with E-state index in [-0.39, 0.29) is 0 Å². The normalized spacial score (nSPS) is 21.8. The Labute approximate surface area is 78.1 Å². The van der Waals surface area contributed by atoms with E-state index in [4.69, 9.17) is 4.74 Å². The van der Waals surface area contributed by atoms with E-state index in [1.165, 1.54) is 0 Å². The highest BCUT2D eigenvalue weighted by Gasteiger charge is 2.15. The Morgan fingerprint density at radius 3 is 3.15 bits per heavy atom. The summed E-state index contributed by atoms with van der Waals surface area (Å²) in [5.74, 6) is 0.883. The molecular formula is C10H14N2O. The number of ether oxygens (including phenoxy) is 1. The van der Waals surface area contributed by atoms with Gasteiger partial charge in [0.05, 0.1) is 6.20 Å². The minimum Gasteiger partial charge on any atom is -0.487 e. The second kappa shape index (κ2) is 3.75. The predicted octanol–water partition coefficient (Wildman–Crippen LogP) is 1.13. The van der Waals surface area contributed by atoms with E-state index in [2.05, 4.69) is 10.3 Å². The number of hydrogen-bond acceptors (Lipinski definition) is 3. The highest BCUT2D eigenvalue weighted by atomic mass is 16.5. The Balaban J connectivity index is 2.00. The van der Waals surface area contributed by atoms with E-state index >= 15 is 0 Å². The molecule has 1 N–H and O–H groups in total. The Bertz CT molecular complexity index is 282. The zero-order chi connectivity index (χ0) is 9.10. The lowest BCUT2D eigenvalue weighted by atomic mass is 10.3. The summed E-state index contributed by atoms with van der Waals surface area (Å²) < 4.78 is 5.73. The van der Waals surface area contributed by atoms with Crippen LogP contribution in [0.1, 0.15) is 12.0 Å². The molecule has 1 aromatic heterocycles. The molecule has 3 nitrogen and oxygen atoms in total. The number of pyridine rings is 1. The molecule has 70 valence electrons. The largest absolute Gasteiger partial charge is 0.487 e. The fourth-order valence-electron chi connectivity index (χ4n) is 1.51. The second-order valence-corrected chi connectivity index (χ2v) is 3.43. The molecule has 0 saturated carbocycles. The molecule has 0 aliphatic carbocycles. The first kappa shape index (κ1) is 8.51. The van der Waals surface area contributed by atoms with Gasteiger partial charge in [-0.3, -0.25) is 4.98 Å². The van der Waals surface area contributed by atoms with Crippen LogP contribution in [0.4, 0.5) is 0 Å². The van der Waals surface area contributed by atoms with Gasteiger partial charge in [0.2, 0.25) is 0 Å². The fraction of sp³-hybridized carbons (Fsp3) is 0.500. The Morgan fingerprint density at radius 1 is 1.54 bits per heavy atom. The highest BCUT2D eigenvalue weighted by molar-refractivity contribution is 5.22. The van der Waals surface area contributed by atoms with Crippen LogP contribution in [0.5, 0.6) is 5.75 Å². The molecule has 0 aromatic carbocycles. The first-order valence-electron chi connectivity index (χ1n) is 4.63. The number of nitrogens with zero attached hydrogens (tertiary/aromatic N) is 1. The first-order valence-corrected chi connectivity index (χ1v) is 4.63. The van der Waals surface area contributed by atoms with Crippen LogP contribution in [-0.4, -0.2) is 24.2 Å². The molecule has 1 aromatic rings. The van der Waals surface area contributed by atoms with Gasteiger partial charge in [0, 0.05) is 12.7 Å². The van der Waals surface area contributed by atoms with Crippen molar-refractivity contribution >= 4 is 0 Å². The van der Waals surface area contributed by atoms with Crippen molar-refractivity contribution < 1.29 is 4.74 Å². The molecule has 3 heteroatoms. The van der Waals surface area contributed by atoms with E-state index in [0.29, 0.717) is 6.10 Å². The molecule has 2 rings (SSSR count). The molecule has 0 bridgehead atoms. The smallest absolute Gasteiger partial charge is 0.138 e. The maximum absolute atomic E-state index is 5.73. The summed E-state index contributed by atoms with van der Waals surface area (Å²) in [6.07, 6.45) is 5.02. The monoisotopic (exact) mass is 178 g/mol. The SMILES string of the molecule is Cc1cncc(OC2CCNC2)c1. The number of aromatic nitrogens is 1. The average molecular weight is 178 g/mol. The van der Waals surface area contributed by atoms with Crippen LogP contribution in [-0.2, 0) is 0 Å². The molecule has 1 unspecified atom stereocenters. The van der Waals surface area contributed by atoms with E-state index in [0.717, 1.165) is 30.8 Å². The Hall–Kier alpha value is -1.09. The molecule has 0 radical (unpaired) electrons. The molecule has 1 fully saturated rings. The standard InChI is InChI=1S/C10H14N2O/c1-8-4-10(7-12-5-8)13-9-2-3-11-6-9/h4-5,7,9,11H,2-3,6H2,1H3. The summed E-state index contributed by atoms with van der Waals surface area (Å²) in [4.78, 5) is 4.08. The predicted molar refractivity (Wildman–Crippen MR) is 50.9 cm³/mol. The summed E-state index contributed by atoms with van der Waals surface area (Å²) >= 11 is 0. The zero-order valence-corrected chi connectivity index (χ0v) is 7.79. The molecule has 1 aliphatic heterocycles. The van der Waals surface area contributed by atoms with Gasteiger partial charge in [0.15, 0.2) is 0 Å². The summed E-state index contributed by atoms with van der Waals surface area (Å²) in [6, 6.07) is 2.02. The van der Waals surface area contributed by atoms with E-state index < -0.39 is 0 Å². The van der Waals surface area contributed by atoms with E-state index in [1.54, 1.807) is 6.20 Å². The van der Waals surface area contributed by atoms with Crippen molar-refractivity contribution in [2.24, 2.45) is 0 Å². The Morgan fingerprint density at radius 2 is 2.46 bits per heavy atom. The van der Waals surface area contributed by atoms with Crippen molar-refractivity contribution in [2.75, 3.05) is 13.1 Å². The van der Waals surface area contributed by atoms with Crippen molar-refractivity contribution in [3.63, 3.8) is 0 Å². The molecule has 13 heavy (non-hydrogen) atoms. The maximum Gasteiger partial charge on any atom is 0.138 e. The van der Waals surface area contributed by atoms with E-state index in [1.807, 2.05) is 19.2 Å². The quantitative estimate of drug-likeness (QED) is 0.737. The second-order valence-electron chi connectivity index (χ2n) is 3.43. The van der Waals surface area contributed by atoms with Gasteiger partial charge in [-0.2, -0.15) is 0 Å². The lowest BCUT2D eigenvalue weighted by molar-refractivity contribution is 0.222. The van der Waals surface area contributed by atoms with Gasteiger partial charge in [-0.1, -0.05) is 0 Å². The lowest BCUT2D eigenvalue weighted by Crippen LogP contribution is -2.19. The summed E-state index contributed by atoms with van der Waals surface area (Å²) in [5.41, 5.74) is 1.14. The topological polar surface area (TPSA) is 34.1 Å². The van der Waals surface area contributed by atoms with Crippen molar-refractivity contribution in [3.8, 4) is 5.75 Å². The van der Waals surface area contributed by atoms with Gasteiger partial charge >= 0.3 is 0 Å². The third kappa shape index (κ3) is 2.18. The summed E-state index contributed by atoms with van der Waals surface area (Å²) in [7, 11) is 0. The van der Waals surface area contributed by atoms with Crippen molar-refractivity contribution in [1.29, 1.82) is 0 Å². The first-order chi connectivity index (χ1) is 6.34. The van der Waals surface area contributed by atoms with Crippen LogP contribution in [0.15, 0.2) is 18.5 Å². The van der Waals surface area contributed by atoms with Crippen LogP contribution in [0, 0.1) is 6.92 Å². The third-order valence-corrected chi connectivity index (χ3v) is 2.17. The van der Waals surface area contributed by atoms with Crippen LogP contribution < -0.4 is 10.1 Å². The molecule has 1 saturated heterocycles. The molecule has 1 atom stereocenters. The van der Waals surface area contributed by atoms with Crippen molar-refractivity contribution in [1.82, 2.24) is 10.3 Å². The number of hydrogen-bond donors (Lipinski definition) is 1.